The fourth-order valence-electron chi connectivity index (χ4n) is 2.33. The van der Waals surface area contributed by atoms with Crippen molar-refractivity contribution in [1.29, 1.82) is 0 Å². The Hall–Kier alpha value is -1.07. The van der Waals surface area contributed by atoms with E-state index in [4.69, 9.17) is 16.7 Å². The van der Waals surface area contributed by atoms with Gasteiger partial charge in [0.2, 0.25) is 0 Å². The Balaban J connectivity index is 2.37. The molecule has 0 radical (unpaired) electrons. The van der Waals surface area contributed by atoms with Crippen molar-refractivity contribution >= 4 is 27.4 Å². The molecule has 6 heteroatoms. The molecular formula is C12H13ClO4S. The summed E-state index contributed by atoms with van der Waals surface area (Å²) < 4.78 is 23.7. The lowest BCUT2D eigenvalue weighted by Gasteiger charge is -2.01. The molecule has 0 aromatic heterocycles. The van der Waals surface area contributed by atoms with E-state index in [2.05, 4.69) is 0 Å². The van der Waals surface area contributed by atoms with Crippen molar-refractivity contribution in [2.75, 3.05) is 5.75 Å². The van der Waals surface area contributed by atoms with E-state index < -0.39 is 32.9 Å². The number of hydrogen-bond acceptors (Lipinski definition) is 3. The lowest BCUT2D eigenvalue weighted by atomic mass is 10.1. The molecule has 18 heavy (non-hydrogen) atoms. The van der Waals surface area contributed by atoms with Crippen LogP contribution in [0, 0.1) is 5.92 Å². The Kier molecular flexibility index (Phi) is 3.38. The van der Waals surface area contributed by atoms with Crippen LogP contribution >= 0.6 is 11.6 Å². The monoisotopic (exact) mass is 288 g/mol. The van der Waals surface area contributed by atoms with Gasteiger partial charge in [-0.25, -0.2) is 8.42 Å². The summed E-state index contributed by atoms with van der Waals surface area (Å²) in [6, 6.07) is 6.72. The van der Waals surface area contributed by atoms with Crippen LogP contribution in [-0.2, 0) is 14.6 Å². The van der Waals surface area contributed by atoms with Crippen LogP contribution in [0.1, 0.15) is 18.4 Å². The molecule has 3 atom stereocenters. The van der Waals surface area contributed by atoms with Crippen molar-refractivity contribution in [3.63, 3.8) is 0 Å². The maximum Gasteiger partial charge on any atom is 0.308 e. The van der Waals surface area contributed by atoms with E-state index in [0.29, 0.717) is 10.6 Å². The van der Waals surface area contributed by atoms with Crippen LogP contribution < -0.4 is 0 Å². The average molecular weight is 289 g/mol. The topological polar surface area (TPSA) is 71.4 Å². The Morgan fingerprint density at radius 2 is 2.11 bits per heavy atom. The average Bonchev–Trinajstić information content (AvgIpc) is 3.05. The first-order valence-electron chi connectivity index (χ1n) is 5.58. The number of sulfone groups is 1. The second-order valence-electron chi connectivity index (χ2n) is 4.36. The Labute approximate surface area is 110 Å². The molecule has 1 N–H and O–H groups in total. The molecule has 0 spiro atoms. The lowest BCUT2D eigenvalue weighted by Crippen LogP contribution is -2.14. The molecule has 0 heterocycles. The molecule has 0 saturated heterocycles. The van der Waals surface area contributed by atoms with Gasteiger partial charge in [0.05, 0.1) is 11.2 Å². The van der Waals surface area contributed by atoms with E-state index in [0.717, 1.165) is 0 Å². The Bertz CT molecular complexity index is 581. The first-order valence-corrected chi connectivity index (χ1v) is 7.67. The molecule has 0 amide bonds. The Morgan fingerprint density at radius 3 is 2.61 bits per heavy atom. The Morgan fingerprint density at radius 1 is 1.44 bits per heavy atom. The van der Waals surface area contributed by atoms with E-state index in [1.54, 1.807) is 24.3 Å². The maximum absolute atomic E-state index is 11.8. The van der Waals surface area contributed by atoms with Crippen LogP contribution in [0.3, 0.4) is 0 Å². The number of carboxylic acids is 1. The third-order valence-corrected chi connectivity index (χ3v) is 5.75. The van der Waals surface area contributed by atoms with Crippen LogP contribution in [-0.4, -0.2) is 30.5 Å². The summed E-state index contributed by atoms with van der Waals surface area (Å²) >= 11 is 5.84. The minimum Gasteiger partial charge on any atom is -0.481 e. The summed E-state index contributed by atoms with van der Waals surface area (Å²) in [6.07, 6.45) is 0. The number of carboxylic acid groups (broad SMARTS) is 1. The zero-order valence-corrected chi connectivity index (χ0v) is 11.3. The van der Waals surface area contributed by atoms with E-state index in [9.17, 15) is 13.2 Å². The van der Waals surface area contributed by atoms with Crippen LogP contribution in [0.4, 0.5) is 0 Å². The molecule has 1 aliphatic carbocycles. The van der Waals surface area contributed by atoms with Crippen LogP contribution in [0.15, 0.2) is 24.3 Å². The molecule has 1 saturated carbocycles. The quantitative estimate of drug-likeness (QED) is 0.919. The summed E-state index contributed by atoms with van der Waals surface area (Å²) in [5.74, 6) is -2.44. The minimum atomic E-state index is -3.35. The van der Waals surface area contributed by atoms with Gasteiger partial charge in [0.15, 0.2) is 9.84 Å². The standard InChI is InChI=1S/C12H13ClO4S/c1-2-18(16,17)11-9(10(11)12(14)15)7-4-3-5-8(13)6-7/h3-6,9-11H,2H2,1H3,(H,14,15)/t9-,10+,11+/m0/s1. The maximum atomic E-state index is 11.8. The zero-order valence-electron chi connectivity index (χ0n) is 9.71. The molecule has 1 aromatic rings. The van der Waals surface area contributed by atoms with Crippen molar-refractivity contribution in [1.82, 2.24) is 0 Å². The highest BCUT2D eigenvalue weighted by molar-refractivity contribution is 7.92. The first kappa shape index (κ1) is 13.4. The second-order valence-corrected chi connectivity index (χ2v) is 7.24. The van der Waals surface area contributed by atoms with Gasteiger partial charge in [0.1, 0.15) is 0 Å². The summed E-state index contributed by atoms with van der Waals surface area (Å²) in [6.45, 7) is 1.53. The van der Waals surface area contributed by atoms with E-state index in [1.807, 2.05) is 0 Å². The molecule has 98 valence electrons. The van der Waals surface area contributed by atoms with Gasteiger partial charge in [-0.2, -0.15) is 0 Å². The largest absolute Gasteiger partial charge is 0.481 e. The fourth-order valence-corrected chi connectivity index (χ4v) is 4.33. The molecule has 2 rings (SSSR count). The molecule has 1 fully saturated rings. The van der Waals surface area contributed by atoms with E-state index >= 15 is 0 Å². The number of hydrogen-bond donors (Lipinski definition) is 1. The third kappa shape index (κ3) is 2.24. The summed E-state index contributed by atoms with van der Waals surface area (Å²) in [5.41, 5.74) is 0.678. The molecule has 1 aromatic carbocycles. The van der Waals surface area contributed by atoms with Gasteiger partial charge >= 0.3 is 5.97 Å². The van der Waals surface area contributed by atoms with Gasteiger partial charge in [-0.3, -0.25) is 4.79 Å². The molecular weight excluding hydrogens is 276 g/mol. The van der Waals surface area contributed by atoms with Crippen LogP contribution in [0.5, 0.6) is 0 Å². The van der Waals surface area contributed by atoms with Gasteiger partial charge in [-0.05, 0) is 17.7 Å². The second kappa shape index (κ2) is 4.55. The highest BCUT2D eigenvalue weighted by Crippen LogP contribution is 2.52. The van der Waals surface area contributed by atoms with Crippen LogP contribution in [0.25, 0.3) is 0 Å². The predicted octanol–water partition coefficient (Wildman–Crippen LogP) is 1.94. The smallest absolute Gasteiger partial charge is 0.308 e. The fraction of sp³-hybridized carbons (Fsp3) is 0.417. The van der Waals surface area contributed by atoms with Crippen molar-refractivity contribution in [3.8, 4) is 0 Å². The van der Waals surface area contributed by atoms with Gasteiger partial charge in [0.25, 0.3) is 0 Å². The van der Waals surface area contributed by atoms with Crippen molar-refractivity contribution in [2.24, 2.45) is 5.92 Å². The van der Waals surface area contributed by atoms with E-state index in [-0.39, 0.29) is 5.75 Å². The van der Waals surface area contributed by atoms with Gasteiger partial charge < -0.3 is 5.11 Å². The first-order chi connectivity index (χ1) is 8.38. The minimum absolute atomic E-state index is 0.0431. The molecule has 4 nitrogen and oxygen atoms in total. The SMILES string of the molecule is CCS(=O)(=O)[C@H]1[C@H](C(=O)O)[C@@H]1c1cccc(Cl)c1. The summed E-state index contributed by atoms with van der Waals surface area (Å²) in [7, 11) is -3.35. The van der Waals surface area contributed by atoms with Crippen molar-refractivity contribution in [2.45, 2.75) is 18.1 Å². The molecule has 0 aliphatic heterocycles. The third-order valence-electron chi connectivity index (χ3n) is 3.29. The number of benzene rings is 1. The van der Waals surface area contributed by atoms with Gasteiger partial charge in [-0.1, -0.05) is 30.7 Å². The zero-order chi connectivity index (χ0) is 13.5. The van der Waals surface area contributed by atoms with Crippen LogP contribution in [0.2, 0.25) is 5.02 Å². The number of aliphatic carboxylic acids is 1. The highest BCUT2D eigenvalue weighted by Gasteiger charge is 2.62. The number of rotatable bonds is 4. The van der Waals surface area contributed by atoms with Gasteiger partial charge in [0, 0.05) is 16.7 Å². The normalized spacial score (nSPS) is 26.9. The predicted molar refractivity (Wildman–Crippen MR) is 68.6 cm³/mol. The van der Waals surface area contributed by atoms with Crippen molar-refractivity contribution in [3.05, 3.63) is 34.9 Å². The van der Waals surface area contributed by atoms with Gasteiger partial charge in [-0.15, -0.1) is 0 Å². The summed E-state index contributed by atoms with van der Waals surface area (Å²) in [5, 5.41) is 8.75. The lowest BCUT2D eigenvalue weighted by molar-refractivity contribution is -0.138. The highest BCUT2D eigenvalue weighted by atomic mass is 35.5. The molecule has 0 bridgehead atoms. The van der Waals surface area contributed by atoms with E-state index in [1.165, 1.54) is 6.92 Å². The summed E-state index contributed by atoms with van der Waals surface area (Å²) in [4.78, 5) is 11.1. The molecule has 0 unspecified atom stereocenters. The molecule has 1 aliphatic rings. The number of halogens is 1. The van der Waals surface area contributed by atoms with Crippen molar-refractivity contribution < 1.29 is 18.3 Å². The number of carbonyl (C=O) groups is 1.